The van der Waals surface area contributed by atoms with Gasteiger partial charge in [-0.05, 0) is 85.7 Å². The van der Waals surface area contributed by atoms with Crippen LogP contribution in [0.2, 0.25) is 0 Å². The summed E-state index contributed by atoms with van der Waals surface area (Å²) >= 11 is 0. The molecule has 0 bridgehead atoms. The molecule has 3 aromatic rings. The molecule has 1 aromatic heterocycles. The van der Waals surface area contributed by atoms with Gasteiger partial charge in [0.15, 0.2) is 0 Å². The Hall–Kier alpha value is -3.10. The van der Waals surface area contributed by atoms with Gasteiger partial charge in [0.05, 0.1) is 10.9 Å². The SMILES string of the molecule is CC(NC(=O)C1CCC(NS(=O)(=O)c2ccc(-c3ccncc3)cc2)CC1)c1ccc(F)cc1. The average Bonchev–Trinajstić information content (AvgIpc) is 2.85. The number of rotatable bonds is 7. The first-order chi connectivity index (χ1) is 16.3. The molecule has 0 radical (unpaired) electrons. The largest absolute Gasteiger partial charge is 0.349 e. The predicted octanol–water partition coefficient (Wildman–Crippen LogP) is 4.60. The molecule has 1 aliphatic rings. The second-order valence-electron chi connectivity index (χ2n) is 8.71. The van der Waals surface area contributed by atoms with E-state index in [0.717, 1.165) is 16.7 Å². The highest BCUT2D eigenvalue weighted by Gasteiger charge is 2.29. The molecule has 1 aliphatic carbocycles. The van der Waals surface area contributed by atoms with E-state index in [9.17, 15) is 17.6 Å². The van der Waals surface area contributed by atoms with Crippen molar-refractivity contribution < 1.29 is 17.6 Å². The van der Waals surface area contributed by atoms with Gasteiger partial charge in [-0.2, -0.15) is 0 Å². The summed E-state index contributed by atoms with van der Waals surface area (Å²) in [5.74, 6) is -0.527. The zero-order valence-electron chi connectivity index (χ0n) is 18.9. The average molecular weight is 482 g/mol. The van der Waals surface area contributed by atoms with Crippen molar-refractivity contribution in [3.05, 3.63) is 84.4 Å². The number of nitrogens with zero attached hydrogens (tertiary/aromatic N) is 1. The summed E-state index contributed by atoms with van der Waals surface area (Å²) in [6, 6.07) is 16.2. The van der Waals surface area contributed by atoms with Gasteiger partial charge in [-0.15, -0.1) is 0 Å². The van der Waals surface area contributed by atoms with Crippen molar-refractivity contribution in [1.29, 1.82) is 0 Å². The minimum atomic E-state index is -3.65. The van der Waals surface area contributed by atoms with Crippen molar-refractivity contribution in [2.45, 2.75) is 49.6 Å². The molecule has 0 aliphatic heterocycles. The fraction of sp³-hybridized carbons (Fsp3) is 0.308. The van der Waals surface area contributed by atoms with Crippen LogP contribution in [0.3, 0.4) is 0 Å². The van der Waals surface area contributed by atoms with E-state index in [2.05, 4.69) is 15.0 Å². The number of carbonyl (C=O) groups is 1. The van der Waals surface area contributed by atoms with Crippen LogP contribution in [0.5, 0.6) is 0 Å². The molecule has 1 unspecified atom stereocenters. The van der Waals surface area contributed by atoms with E-state index >= 15 is 0 Å². The predicted molar refractivity (Wildman–Crippen MR) is 129 cm³/mol. The summed E-state index contributed by atoms with van der Waals surface area (Å²) in [5, 5.41) is 2.99. The molecule has 2 N–H and O–H groups in total. The molecule has 1 heterocycles. The smallest absolute Gasteiger partial charge is 0.240 e. The van der Waals surface area contributed by atoms with Crippen molar-refractivity contribution >= 4 is 15.9 Å². The number of amides is 1. The lowest BCUT2D eigenvalue weighted by atomic mass is 9.85. The van der Waals surface area contributed by atoms with E-state index in [0.29, 0.717) is 25.7 Å². The van der Waals surface area contributed by atoms with E-state index in [-0.39, 0.29) is 34.6 Å². The van der Waals surface area contributed by atoms with Crippen LogP contribution in [0.25, 0.3) is 11.1 Å². The van der Waals surface area contributed by atoms with Crippen LogP contribution in [-0.4, -0.2) is 25.4 Å². The number of hydrogen-bond acceptors (Lipinski definition) is 4. The van der Waals surface area contributed by atoms with Gasteiger partial charge >= 0.3 is 0 Å². The minimum Gasteiger partial charge on any atom is -0.349 e. The van der Waals surface area contributed by atoms with Crippen LogP contribution in [0.1, 0.15) is 44.2 Å². The lowest BCUT2D eigenvalue weighted by Crippen LogP contribution is -2.41. The molecular formula is C26H28FN3O3S. The summed E-state index contributed by atoms with van der Waals surface area (Å²) in [4.78, 5) is 16.9. The molecule has 34 heavy (non-hydrogen) atoms. The summed E-state index contributed by atoms with van der Waals surface area (Å²) in [6.07, 6.45) is 5.80. The first-order valence-electron chi connectivity index (χ1n) is 11.4. The third-order valence-electron chi connectivity index (χ3n) is 6.33. The fourth-order valence-electron chi connectivity index (χ4n) is 4.30. The van der Waals surface area contributed by atoms with Crippen LogP contribution in [0.15, 0.2) is 78.0 Å². The van der Waals surface area contributed by atoms with Gasteiger partial charge in [0.25, 0.3) is 0 Å². The zero-order valence-corrected chi connectivity index (χ0v) is 19.8. The number of halogens is 1. The standard InChI is InChI=1S/C26H28FN3O3S/c1-18(19-2-8-23(27)9-3-19)29-26(31)22-4-10-24(11-5-22)30-34(32,33)25-12-6-20(7-13-25)21-14-16-28-17-15-21/h2-3,6-9,12-18,22,24,30H,4-5,10-11H2,1H3,(H,29,31). The van der Waals surface area contributed by atoms with Gasteiger partial charge in [0.1, 0.15) is 5.82 Å². The van der Waals surface area contributed by atoms with Crippen molar-refractivity contribution in [3.8, 4) is 11.1 Å². The van der Waals surface area contributed by atoms with Crippen LogP contribution in [0.4, 0.5) is 4.39 Å². The van der Waals surface area contributed by atoms with Gasteiger partial charge in [-0.1, -0.05) is 24.3 Å². The number of sulfonamides is 1. The lowest BCUT2D eigenvalue weighted by Gasteiger charge is -2.29. The molecule has 1 saturated carbocycles. The molecule has 1 atom stereocenters. The highest BCUT2D eigenvalue weighted by molar-refractivity contribution is 7.89. The minimum absolute atomic E-state index is 0.0511. The summed E-state index contributed by atoms with van der Waals surface area (Å²) in [6.45, 7) is 1.87. The Kier molecular flexibility index (Phi) is 7.38. The Morgan fingerprint density at radius 1 is 0.912 bits per heavy atom. The normalized spacial score (nSPS) is 19.4. The van der Waals surface area contributed by atoms with Gasteiger partial charge in [-0.25, -0.2) is 17.5 Å². The van der Waals surface area contributed by atoms with Crippen LogP contribution < -0.4 is 10.0 Å². The van der Waals surface area contributed by atoms with Crippen molar-refractivity contribution in [3.63, 3.8) is 0 Å². The van der Waals surface area contributed by atoms with Crippen LogP contribution in [0, 0.1) is 11.7 Å². The molecule has 2 aromatic carbocycles. The van der Waals surface area contributed by atoms with E-state index in [1.165, 1.54) is 12.1 Å². The molecule has 0 spiro atoms. The lowest BCUT2D eigenvalue weighted by molar-refractivity contribution is -0.126. The molecular weight excluding hydrogens is 453 g/mol. The molecule has 8 heteroatoms. The topological polar surface area (TPSA) is 88.2 Å². The molecule has 6 nitrogen and oxygen atoms in total. The van der Waals surface area contributed by atoms with E-state index in [4.69, 9.17) is 0 Å². The number of benzene rings is 2. The first-order valence-corrected chi connectivity index (χ1v) is 12.9. The number of pyridine rings is 1. The summed E-state index contributed by atoms with van der Waals surface area (Å²) in [7, 11) is -3.65. The highest BCUT2D eigenvalue weighted by Crippen LogP contribution is 2.27. The van der Waals surface area contributed by atoms with Gasteiger partial charge in [-0.3, -0.25) is 9.78 Å². The summed E-state index contributed by atoms with van der Waals surface area (Å²) < 4.78 is 41.6. The van der Waals surface area contributed by atoms with E-state index in [1.54, 1.807) is 48.8 Å². The maximum absolute atomic E-state index is 13.1. The second-order valence-corrected chi connectivity index (χ2v) is 10.4. The first kappa shape index (κ1) is 24.0. The van der Waals surface area contributed by atoms with Crippen molar-refractivity contribution in [2.24, 2.45) is 5.92 Å². The zero-order chi connectivity index (χ0) is 24.1. The quantitative estimate of drug-likeness (QED) is 0.516. The number of aromatic nitrogens is 1. The second kappa shape index (κ2) is 10.4. The maximum Gasteiger partial charge on any atom is 0.240 e. The van der Waals surface area contributed by atoms with Crippen LogP contribution in [-0.2, 0) is 14.8 Å². The van der Waals surface area contributed by atoms with Crippen LogP contribution >= 0.6 is 0 Å². The van der Waals surface area contributed by atoms with E-state index in [1.807, 2.05) is 19.1 Å². The maximum atomic E-state index is 13.1. The molecule has 1 fully saturated rings. The molecule has 4 rings (SSSR count). The summed E-state index contributed by atoms with van der Waals surface area (Å²) in [5.41, 5.74) is 2.73. The monoisotopic (exact) mass is 481 g/mol. The van der Waals surface area contributed by atoms with Gasteiger partial charge in [0, 0.05) is 24.4 Å². The van der Waals surface area contributed by atoms with E-state index < -0.39 is 10.0 Å². The Bertz CT molecular complexity index is 1210. The fourth-order valence-corrected chi connectivity index (χ4v) is 5.60. The van der Waals surface area contributed by atoms with Gasteiger partial charge in [0.2, 0.25) is 15.9 Å². The number of hydrogen-bond donors (Lipinski definition) is 2. The molecule has 0 saturated heterocycles. The van der Waals surface area contributed by atoms with Crippen molar-refractivity contribution in [1.82, 2.24) is 15.0 Å². The molecule has 178 valence electrons. The van der Waals surface area contributed by atoms with Crippen molar-refractivity contribution in [2.75, 3.05) is 0 Å². The molecule has 1 amide bonds. The third kappa shape index (κ3) is 5.87. The number of nitrogens with one attached hydrogen (secondary N) is 2. The Balaban J connectivity index is 1.30. The third-order valence-corrected chi connectivity index (χ3v) is 7.86. The Labute approximate surface area is 199 Å². The Morgan fingerprint density at radius 3 is 2.12 bits per heavy atom. The number of carbonyl (C=O) groups excluding carboxylic acids is 1. The Morgan fingerprint density at radius 2 is 1.50 bits per heavy atom. The highest BCUT2D eigenvalue weighted by atomic mass is 32.2. The van der Waals surface area contributed by atoms with Gasteiger partial charge < -0.3 is 5.32 Å².